The zero-order chi connectivity index (χ0) is 17.9. The maximum atomic E-state index is 13.4. The molecule has 0 saturated heterocycles. The number of carbonyl (C=O) groups is 1. The molecule has 0 radical (unpaired) electrons. The third kappa shape index (κ3) is 2.37. The number of ketones is 1. The minimum atomic E-state index is -0.0812. The summed E-state index contributed by atoms with van der Waals surface area (Å²) in [6.07, 6.45) is 14.2. The molecule has 0 spiro atoms. The Labute approximate surface area is 162 Å². The third-order valence-corrected chi connectivity index (χ3v) is 9.90. The van der Waals surface area contributed by atoms with E-state index < -0.39 is 0 Å². The zero-order valence-electron chi connectivity index (χ0n) is 16.3. The van der Waals surface area contributed by atoms with Crippen LogP contribution in [0.15, 0.2) is 23.1 Å². The van der Waals surface area contributed by atoms with Crippen LogP contribution in [0.2, 0.25) is 0 Å². The summed E-state index contributed by atoms with van der Waals surface area (Å²) in [6, 6.07) is 4.23. The van der Waals surface area contributed by atoms with Crippen LogP contribution in [0.3, 0.4) is 0 Å². The fraction of sp³-hybridized carbons (Fsp3) is 0.708. The highest BCUT2D eigenvalue weighted by Crippen LogP contribution is 2.66. The summed E-state index contributed by atoms with van der Waals surface area (Å²) in [6.45, 7) is 4.93. The Morgan fingerprint density at radius 2 is 1.96 bits per heavy atom. The molecule has 6 atom stereocenters. The molecule has 2 heteroatoms. The number of carbonyl (C=O) groups excluding carboxylic acids is 1. The molecule has 1 aromatic rings. The van der Waals surface area contributed by atoms with E-state index in [1.807, 2.05) is 0 Å². The van der Waals surface area contributed by atoms with Gasteiger partial charge < -0.3 is 0 Å². The molecule has 1 nitrogen and oxygen atoms in total. The molecule has 0 N–H and O–H groups in total. The lowest BCUT2D eigenvalue weighted by atomic mass is 9.45. The summed E-state index contributed by atoms with van der Waals surface area (Å²) >= 11 is 1.75. The van der Waals surface area contributed by atoms with E-state index in [1.165, 1.54) is 49.8 Å². The molecule has 4 saturated carbocycles. The first-order valence-corrected chi connectivity index (χ1v) is 11.7. The minimum Gasteiger partial charge on any atom is -0.294 e. The molecule has 5 rings (SSSR count). The van der Waals surface area contributed by atoms with Gasteiger partial charge in [0.25, 0.3) is 0 Å². The second kappa shape index (κ2) is 6.06. The Morgan fingerprint density at radius 3 is 2.77 bits per heavy atom. The summed E-state index contributed by atoms with van der Waals surface area (Å²) < 4.78 is 0. The number of rotatable bonds is 1. The van der Waals surface area contributed by atoms with Crippen LogP contribution in [0, 0.1) is 34.5 Å². The zero-order valence-corrected chi connectivity index (χ0v) is 17.1. The first-order chi connectivity index (χ1) is 12.5. The second-order valence-corrected chi connectivity index (χ2v) is 11.1. The molecule has 4 fully saturated rings. The van der Waals surface area contributed by atoms with Crippen LogP contribution in [-0.2, 0) is 4.79 Å². The molecule has 140 valence electrons. The molecular formula is C24H32OS. The first kappa shape index (κ1) is 17.2. The van der Waals surface area contributed by atoms with Gasteiger partial charge in [0, 0.05) is 10.3 Å². The molecule has 0 aliphatic heterocycles. The highest BCUT2D eigenvalue weighted by Gasteiger charge is 2.60. The van der Waals surface area contributed by atoms with Crippen molar-refractivity contribution < 1.29 is 4.79 Å². The van der Waals surface area contributed by atoms with Gasteiger partial charge in [-0.25, -0.2) is 0 Å². The van der Waals surface area contributed by atoms with Crippen LogP contribution in [0.4, 0.5) is 0 Å². The van der Waals surface area contributed by atoms with Crippen LogP contribution < -0.4 is 0 Å². The normalized spacial score (nSPS) is 46.7. The maximum absolute atomic E-state index is 13.4. The highest BCUT2D eigenvalue weighted by molar-refractivity contribution is 7.10. The fourth-order valence-electron chi connectivity index (χ4n) is 7.64. The maximum Gasteiger partial charge on any atom is 0.165 e. The van der Waals surface area contributed by atoms with E-state index in [0.29, 0.717) is 17.1 Å². The average Bonchev–Trinajstić information content (AvgIpc) is 3.23. The third-order valence-electron chi connectivity index (χ3n) is 9.08. The van der Waals surface area contributed by atoms with E-state index in [0.717, 1.165) is 36.2 Å². The van der Waals surface area contributed by atoms with Gasteiger partial charge >= 0.3 is 0 Å². The minimum absolute atomic E-state index is 0.0812. The van der Waals surface area contributed by atoms with Crippen molar-refractivity contribution in [3.63, 3.8) is 0 Å². The van der Waals surface area contributed by atoms with Crippen LogP contribution >= 0.6 is 11.3 Å². The smallest absolute Gasteiger partial charge is 0.165 e. The van der Waals surface area contributed by atoms with Crippen molar-refractivity contribution in [2.75, 3.05) is 0 Å². The number of thiophene rings is 1. The monoisotopic (exact) mass is 368 g/mol. The van der Waals surface area contributed by atoms with Gasteiger partial charge in [-0.05, 0) is 97.1 Å². The largest absolute Gasteiger partial charge is 0.294 e. The number of fused-ring (bicyclic) bond motifs is 5. The standard InChI is InChI=1S/C24H32OS/c1-23-11-4-3-6-17(23)8-9-19-20(23)10-12-24(2)21(19)15-16(22(24)25)14-18-7-5-13-26-18/h5,7,13-14,17,19-21H,3-4,6,8-12,15H2,1-2H3/b16-14-/t17-,19+,20-,21-,23+,24-/m1/s1. The first-order valence-electron chi connectivity index (χ1n) is 10.8. The van der Waals surface area contributed by atoms with E-state index in [-0.39, 0.29) is 5.41 Å². The van der Waals surface area contributed by atoms with Crippen LogP contribution in [0.1, 0.15) is 76.5 Å². The van der Waals surface area contributed by atoms with Gasteiger partial charge in [-0.15, -0.1) is 11.3 Å². The summed E-state index contributed by atoms with van der Waals surface area (Å²) in [4.78, 5) is 14.6. The quantitative estimate of drug-likeness (QED) is 0.501. The molecule has 4 aliphatic carbocycles. The summed E-state index contributed by atoms with van der Waals surface area (Å²) in [5.41, 5.74) is 1.60. The Balaban J connectivity index is 1.47. The van der Waals surface area contributed by atoms with Crippen LogP contribution in [0.5, 0.6) is 0 Å². The molecular weight excluding hydrogens is 336 g/mol. The summed E-state index contributed by atoms with van der Waals surface area (Å²) in [5.74, 6) is 3.69. The number of Topliss-reactive ketones (excluding diaryl/α,β-unsaturated/α-hetero) is 1. The van der Waals surface area contributed by atoms with Gasteiger partial charge in [-0.2, -0.15) is 0 Å². The van der Waals surface area contributed by atoms with Crippen molar-refractivity contribution in [2.24, 2.45) is 34.5 Å². The Kier molecular flexibility index (Phi) is 4.01. The van der Waals surface area contributed by atoms with E-state index in [4.69, 9.17) is 0 Å². The molecule has 1 aromatic heterocycles. The van der Waals surface area contributed by atoms with Crippen molar-refractivity contribution >= 4 is 23.2 Å². The van der Waals surface area contributed by atoms with E-state index in [1.54, 1.807) is 11.3 Å². The van der Waals surface area contributed by atoms with Gasteiger partial charge in [-0.3, -0.25) is 4.79 Å². The Hall–Kier alpha value is -0.890. The van der Waals surface area contributed by atoms with Crippen molar-refractivity contribution in [1.29, 1.82) is 0 Å². The lowest BCUT2D eigenvalue weighted by Crippen LogP contribution is -2.52. The van der Waals surface area contributed by atoms with Gasteiger partial charge in [0.15, 0.2) is 5.78 Å². The van der Waals surface area contributed by atoms with E-state index in [2.05, 4.69) is 37.4 Å². The topological polar surface area (TPSA) is 17.1 Å². The van der Waals surface area contributed by atoms with Crippen molar-refractivity contribution in [3.8, 4) is 0 Å². The Morgan fingerprint density at radius 1 is 1.08 bits per heavy atom. The highest BCUT2D eigenvalue weighted by atomic mass is 32.1. The molecule has 0 unspecified atom stereocenters. The van der Waals surface area contributed by atoms with Crippen molar-refractivity contribution in [1.82, 2.24) is 0 Å². The van der Waals surface area contributed by atoms with Gasteiger partial charge in [0.2, 0.25) is 0 Å². The summed E-state index contributed by atoms with van der Waals surface area (Å²) in [7, 11) is 0. The van der Waals surface area contributed by atoms with E-state index >= 15 is 0 Å². The predicted molar refractivity (Wildman–Crippen MR) is 109 cm³/mol. The summed E-state index contributed by atoms with van der Waals surface area (Å²) in [5, 5.41) is 2.11. The lowest BCUT2D eigenvalue weighted by Gasteiger charge is -2.59. The number of allylic oxidation sites excluding steroid dienone is 1. The molecule has 4 aliphatic rings. The van der Waals surface area contributed by atoms with Gasteiger partial charge in [0.05, 0.1) is 0 Å². The SMILES string of the molecule is C[C@]12CCCC[C@@H]1CC[C@H]1[C@H]2CC[C@@]2(C)C(=O)/C(=C\c3cccs3)C[C@H]12. The molecule has 0 aromatic carbocycles. The van der Waals surface area contributed by atoms with Crippen LogP contribution in [0.25, 0.3) is 6.08 Å². The van der Waals surface area contributed by atoms with Gasteiger partial charge in [0.1, 0.15) is 0 Å². The fourth-order valence-corrected chi connectivity index (χ4v) is 8.32. The van der Waals surface area contributed by atoms with Crippen LogP contribution in [-0.4, -0.2) is 5.78 Å². The molecule has 0 bridgehead atoms. The van der Waals surface area contributed by atoms with Crippen molar-refractivity contribution in [2.45, 2.75) is 71.6 Å². The molecule has 26 heavy (non-hydrogen) atoms. The Bertz CT molecular complexity index is 731. The average molecular weight is 369 g/mol. The number of hydrogen-bond acceptors (Lipinski definition) is 2. The van der Waals surface area contributed by atoms with Gasteiger partial charge in [-0.1, -0.05) is 32.8 Å². The molecule has 1 heterocycles. The number of hydrogen-bond donors (Lipinski definition) is 0. The van der Waals surface area contributed by atoms with E-state index in [9.17, 15) is 4.79 Å². The lowest BCUT2D eigenvalue weighted by molar-refractivity contribution is -0.137. The van der Waals surface area contributed by atoms with Crippen molar-refractivity contribution in [3.05, 3.63) is 28.0 Å². The second-order valence-electron chi connectivity index (χ2n) is 10.1. The predicted octanol–water partition coefficient (Wildman–Crippen LogP) is 6.74. The molecule has 0 amide bonds.